The SMILES string of the molecule is COCC(C)(NC(=O)CC(C)c1ccc(C(F)(F)F)cc1)C(=O)O. The minimum absolute atomic E-state index is 0.0576. The van der Waals surface area contributed by atoms with E-state index in [2.05, 4.69) is 5.32 Å². The number of halogens is 3. The number of nitrogens with one attached hydrogen (secondary N) is 1. The first-order valence-corrected chi connectivity index (χ1v) is 7.20. The van der Waals surface area contributed by atoms with Crippen molar-refractivity contribution in [3.05, 3.63) is 35.4 Å². The first kappa shape index (κ1) is 20.0. The number of alkyl halides is 3. The van der Waals surface area contributed by atoms with Gasteiger partial charge in [0.15, 0.2) is 5.54 Å². The highest BCUT2D eigenvalue weighted by Gasteiger charge is 2.35. The van der Waals surface area contributed by atoms with Crippen molar-refractivity contribution in [3.8, 4) is 0 Å². The standard InChI is InChI=1S/C16H20F3NO4/c1-10(11-4-6-12(7-5-11)16(17,18)19)8-13(21)20-15(2,9-24-3)14(22)23/h4-7,10H,8-9H2,1-3H3,(H,20,21)(H,22,23). The lowest BCUT2D eigenvalue weighted by Crippen LogP contribution is -2.55. The van der Waals surface area contributed by atoms with E-state index in [1.165, 1.54) is 26.2 Å². The van der Waals surface area contributed by atoms with Crippen LogP contribution >= 0.6 is 0 Å². The predicted molar refractivity (Wildman–Crippen MR) is 80.5 cm³/mol. The second-order valence-electron chi connectivity index (χ2n) is 5.84. The lowest BCUT2D eigenvalue weighted by molar-refractivity contribution is -0.149. The van der Waals surface area contributed by atoms with Gasteiger partial charge in [0, 0.05) is 13.5 Å². The van der Waals surface area contributed by atoms with E-state index in [4.69, 9.17) is 9.84 Å². The van der Waals surface area contributed by atoms with Crippen LogP contribution in [0.2, 0.25) is 0 Å². The highest BCUT2D eigenvalue weighted by Crippen LogP contribution is 2.30. The fourth-order valence-electron chi connectivity index (χ4n) is 2.20. The van der Waals surface area contributed by atoms with Gasteiger partial charge in [0.25, 0.3) is 0 Å². The Hall–Kier alpha value is -2.09. The molecular weight excluding hydrogens is 327 g/mol. The van der Waals surface area contributed by atoms with Gasteiger partial charge < -0.3 is 15.2 Å². The molecule has 8 heteroatoms. The summed E-state index contributed by atoms with van der Waals surface area (Å²) >= 11 is 0. The topological polar surface area (TPSA) is 75.6 Å². The van der Waals surface area contributed by atoms with Gasteiger partial charge in [0.2, 0.25) is 5.91 Å². The first-order valence-electron chi connectivity index (χ1n) is 7.20. The van der Waals surface area contributed by atoms with E-state index in [0.717, 1.165) is 12.1 Å². The van der Waals surface area contributed by atoms with Crippen molar-refractivity contribution >= 4 is 11.9 Å². The molecule has 5 nitrogen and oxygen atoms in total. The average molecular weight is 347 g/mol. The summed E-state index contributed by atoms with van der Waals surface area (Å²) in [6.45, 7) is 2.79. The Balaban J connectivity index is 2.75. The molecule has 1 rings (SSSR count). The lowest BCUT2D eigenvalue weighted by Gasteiger charge is -2.26. The summed E-state index contributed by atoms with van der Waals surface area (Å²) in [4.78, 5) is 23.3. The number of amides is 1. The second-order valence-corrected chi connectivity index (χ2v) is 5.84. The molecular formula is C16H20F3NO4. The van der Waals surface area contributed by atoms with Gasteiger partial charge in [-0.3, -0.25) is 4.79 Å². The number of rotatable bonds is 7. The third-order valence-electron chi connectivity index (χ3n) is 3.62. The van der Waals surface area contributed by atoms with Gasteiger partial charge in [-0.1, -0.05) is 19.1 Å². The minimum Gasteiger partial charge on any atom is -0.479 e. The number of carboxylic acid groups (broad SMARTS) is 1. The van der Waals surface area contributed by atoms with Crippen LogP contribution in [0.5, 0.6) is 0 Å². The number of hydrogen-bond acceptors (Lipinski definition) is 3. The van der Waals surface area contributed by atoms with Crippen LogP contribution in [0.1, 0.15) is 37.3 Å². The Bertz CT molecular complexity index is 586. The number of benzene rings is 1. The number of carboxylic acids is 1. The van der Waals surface area contributed by atoms with E-state index in [-0.39, 0.29) is 18.9 Å². The highest BCUT2D eigenvalue weighted by molar-refractivity contribution is 5.87. The van der Waals surface area contributed by atoms with Gasteiger partial charge in [-0.2, -0.15) is 13.2 Å². The van der Waals surface area contributed by atoms with Gasteiger partial charge in [0.05, 0.1) is 12.2 Å². The number of hydrogen-bond donors (Lipinski definition) is 2. The molecule has 0 saturated heterocycles. The molecule has 1 aromatic rings. The molecule has 0 saturated carbocycles. The lowest BCUT2D eigenvalue weighted by atomic mass is 9.95. The Labute approximate surface area is 137 Å². The summed E-state index contributed by atoms with van der Waals surface area (Å²) in [5.41, 5.74) is -1.77. The maximum absolute atomic E-state index is 12.5. The van der Waals surface area contributed by atoms with Crippen LogP contribution in [-0.2, 0) is 20.5 Å². The van der Waals surface area contributed by atoms with E-state index < -0.39 is 29.2 Å². The largest absolute Gasteiger partial charge is 0.479 e. The maximum atomic E-state index is 12.5. The summed E-state index contributed by atoms with van der Waals surface area (Å²) in [7, 11) is 1.32. The summed E-state index contributed by atoms with van der Waals surface area (Å²) < 4.78 is 42.4. The molecule has 0 bridgehead atoms. The van der Waals surface area contributed by atoms with Gasteiger partial charge >= 0.3 is 12.1 Å². The van der Waals surface area contributed by atoms with Crippen molar-refractivity contribution in [3.63, 3.8) is 0 Å². The number of carbonyl (C=O) groups is 2. The normalized spacial score (nSPS) is 15.4. The van der Waals surface area contributed by atoms with Crippen LogP contribution in [-0.4, -0.2) is 36.2 Å². The summed E-state index contributed by atoms with van der Waals surface area (Å²) in [6, 6.07) is 4.53. The molecule has 0 aliphatic carbocycles. The molecule has 1 amide bonds. The highest BCUT2D eigenvalue weighted by atomic mass is 19.4. The van der Waals surface area contributed by atoms with Crippen LogP contribution in [0.3, 0.4) is 0 Å². The van der Waals surface area contributed by atoms with Gasteiger partial charge in [-0.25, -0.2) is 4.79 Å². The van der Waals surface area contributed by atoms with E-state index in [1.54, 1.807) is 6.92 Å². The maximum Gasteiger partial charge on any atom is 0.416 e. The molecule has 2 unspecified atom stereocenters. The molecule has 0 aromatic heterocycles. The Morgan fingerprint density at radius 2 is 1.79 bits per heavy atom. The van der Waals surface area contributed by atoms with Crippen molar-refractivity contribution in [1.82, 2.24) is 5.32 Å². The first-order chi connectivity index (χ1) is 11.0. The molecule has 2 atom stereocenters. The van der Waals surface area contributed by atoms with Crippen molar-refractivity contribution in [1.29, 1.82) is 0 Å². The van der Waals surface area contributed by atoms with E-state index >= 15 is 0 Å². The fraction of sp³-hybridized carbons (Fsp3) is 0.500. The van der Waals surface area contributed by atoms with Crippen molar-refractivity contribution in [2.24, 2.45) is 0 Å². The van der Waals surface area contributed by atoms with E-state index in [0.29, 0.717) is 5.56 Å². The van der Waals surface area contributed by atoms with Crippen molar-refractivity contribution in [2.75, 3.05) is 13.7 Å². The van der Waals surface area contributed by atoms with Gasteiger partial charge in [-0.15, -0.1) is 0 Å². The van der Waals surface area contributed by atoms with Crippen LogP contribution in [0.25, 0.3) is 0 Å². The molecule has 0 fully saturated rings. The third kappa shape index (κ3) is 5.23. The zero-order valence-electron chi connectivity index (χ0n) is 13.6. The number of methoxy groups -OCH3 is 1. The molecule has 0 spiro atoms. The van der Waals surface area contributed by atoms with Crippen molar-refractivity contribution < 1.29 is 32.6 Å². The Morgan fingerprint density at radius 1 is 1.25 bits per heavy atom. The van der Waals surface area contributed by atoms with Crippen LogP contribution in [0.15, 0.2) is 24.3 Å². The molecule has 1 aromatic carbocycles. The molecule has 0 radical (unpaired) electrons. The second kappa shape index (κ2) is 7.65. The van der Waals surface area contributed by atoms with Crippen molar-refractivity contribution in [2.45, 2.75) is 37.9 Å². The Morgan fingerprint density at radius 3 is 2.21 bits per heavy atom. The summed E-state index contributed by atoms with van der Waals surface area (Å²) in [5.74, 6) is -2.13. The zero-order valence-corrected chi connectivity index (χ0v) is 13.6. The van der Waals surface area contributed by atoms with Crippen LogP contribution in [0, 0.1) is 0 Å². The summed E-state index contributed by atoms with van der Waals surface area (Å²) in [5, 5.41) is 11.6. The zero-order chi connectivity index (χ0) is 18.5. The molecule has 0 heterocycles. The Kier molecular flexibility index (Phi) is 6.36. The molecule has 0 aliphatic heterocycles. The summed E-state index contributed by atoms with van der Waals surface area (Å²) in [6.07, 6.45) is -4.47. The predicted octanol–water partition coefficient (Wildman–Crippen LogP) is 2.80. The minimum atomic E-state index is -4.41. The smallest absolute Gasteiger partial charge is 0.416 e. The van der Waals surface area contributed by atoms with Gasteiger partial charge in [0.1, 0.15) is 0 Å². The molecule has 2 N–H and O–H groups in total. The number of aliphatic carboxylic acids is 1. The third-order valence-corrected chi connectivity index (χ3v) is 3.62. The van der Waals surface area contributed by atoms with Gasteiger partial charge in [-0.05, 0) is 30.5 Å². The fourth-order valence-corrected chi connectivity index (χ4v) is 2.20. The van der Waals surface area contributed by atoms with E-state index in [1.807, 2.05) is 0 Å². The number of carbonyl (C=O) groups excluding carboxylic acids is 1. The molecule has 24 heavy (non-hydrogen) atoms. The quantitative estimate of drug-likeness (QED) is 0.795. The molecule has 134 valence electrons. The monoisotopic (exact) mass is 347 g/mol. The number of ether oxygens (including phenoxy) is 1. The average Bonchev–Trinajstić information content (AvgIpc) is 2.46. The molecule has 0 aliphatic rings. The van der Waals surface area contributed by atoms with Crippen LogP contribution in [0.4, 0.5) is 13.2 Å². The van der Waals surface area contributed by atoms with E-state index in [9.17, 15) is 22.8 Å². The van der Waals surface area contributed by atoms with Crippen LogP contribution < -0.4 is 5.32 Å².